The molecule has 0 aromatic carbocycles. The zero-order chi connectivity index (χ0) is 22.0. The van der Waals surface area contributed by atoms with Gasteiger partial charge in [-0.3, -0.25) is 14.4 Å². The number of hydrogen-bond acceptors (Lipinski definition) is 5. The van der Waals surface area contributed by atoms with E-state index in [1.165, 1.54) is 9.80 Å². The van der Waals surface area contributed by atoms with Gasteiger partial charge in [0.2, 0.25) is 17.7 Å². The van der Waals surface area contributed by atoms with Crippen LogP contribution in [0.4, 0.5) is 0 Å². The summed E-state index contributed by atoms with van der Waals surface area (Å²) in [6, 6.07) is -1.32. The number of nitrogens with zero attached hydrogens (tertiary/aromatic N) is 4. The van der Waals surface area contributed by atoms with Crippen molar-refractivity contribution in [2.24, 2.45) is 11.7 Å². The van der Waals surface area contributed by atoms with E-state index in [-0.39, 0.29) is 17.7 Å². The molecular weight excluding hydrogens is 390 g/mol. The van der Waals surface area contributed by atoms with Crippen LogP contribution in [0.25, 0.3) is 0 Å². The molecule has 2 N–H and O–H groups in total. The van der Waals surface area contributed by atoms with E-state index in [1.54, 1.807) is 38.4 Å². The summed E-state index contributed by atoms with van der Waals surface area (Å²) in [4.78, 5) is 44.6. The third kappa shape index (κ3) is 8.08. The molecule has 0 saturated heterocycles. The average Bonchev–Trinajstić information content (AvgIpc) is 3.18. The summed E-state index contributed by atoms with van der Waals surface area (Å²) < 4.78 is 1.97. The Bertz CT molecular complexity index is 651. The monoisotopic (exact) mass is 425 g/mol. The van der Waals surface area contributed by atoms with Gasteiger partial charge in [0.15, 0.2) is 0 Å². The SMILES string of the molecule is CCCC(=O)N(C)[C@H](CSCCn1ccnc1)C(=O)N(C)[C@@H](CC(C)C)C(N)=O. The van der Waals surface area contributed by atoms with Crippen molar-refractivity contribution in [3.8, 4) is 0 Å². The summed E-state index contributed by atoms with van der Waals surface area (Å²) in [6.07, 6.45) is 6.95. The number of rotatable bonds is 13. The second-order valence-corrected chi connectivity index (χ2v) is 8.79. The molecule has 164 valence electrons. The van der Waals surface area contributed by atoms with Gasteiger partial charge in [0, 0.05) is 51.0 Å². The van der Waals surface area contributed by atoms with Crippen molar-refractivity contribution >= 4 is 29.5 Å². The number of aromatic nitrogens is 2. The fraction of sp³-hybridized carbons (Fsp3) is 0.700. The number of likely N-dealkylation sites (N-methyl/N-ethyl adjacent to an activating group) is 2. The lowest BCUT2D eigenvalue weighted by molar-refractivity contribution is -0.146. The Kier molecular flexibility index (Phi) is 10.8. The first kappa shape index (κ1) is 25.0. The highest BCUT2D eigenvalue weighted by Gasteiger charge is 2.34. The number of amides is 3. The van der Waals surface area contributed by atoms with Gasteiger partial charge in [-0.25, -0.2) is 4.98 Å². The predicted octanol–water partition coefficient (Wildman–Crippen LogP) is 1.60. The summed E-state index contributed by atoms with van der Waals surface area (Å²) in [6.45, 7) is 6.66. The minimum atomic E-state index is -0.685. The fourth-order valence-electron chi connectivity index (χ4n) is 3.00. The van der Waals surface area contributed by atoms with Gasteiger partial charge in [-0.2, -0.15) is 11.8 Å². The van der Waals surface area contributed by atoms with Crippen molar-refractivity contribution in [2.75, 3.05) is 25.6 Å². The van der Waals surface area contributed by atoms with E-state index in [9.17, 15) is 14.4 Å². The van der Waals surface area contributed by atoms with Crippen LogP contribution in [0.3, 0.4) is 0 Å². The van der Waals surface area contributed by atoms with Crippen molar-refractivity contribution in [2.45, 2.75) is 58.7 Å². The first-order valence-corrected chi connectivity index (χ1v) is 11.2. The number of carbonyl (C=O) groups excluding carboxylic acids is 3. The van der Waals surface area contributed by atoms with Crippen molar-refractivity contribution in [1.82, 2.24) is 19.4 Å². The van der Waals surface area contributed by atoms with Crippen LogP contribution in [-0.2, 0) is 20.9 Å². The Morgan fingerprint density at radius 2 is 1.86 bits per heavy atom. The normalized spacial score (nSPS) is 13.2. The van der Waals surface area contributed by atoms with Crippen molar-refractivity contribution in [1.29, 1.82) is 0 Å². The Labute approximate surface area is 178 Å². The van der Waals surface area contributed by atoms with Gasteiger partial charge in [0.05, 0.1) is 6.33 Å². The molecule has 8 nitrogen and oxygen atoms in total. The van der Waals surface area contributed by atoms with Crippen molar-refractivity contribution in [3.05, 3.63) is 18.7 Å². The van der Waals surface area contributed by atoms with Gasteiger partial charge in [-0.1, -0.05) is 20.8 Å². The molecule has 0 aliphatic rings. The first-order chi connectivity index (χ1) is 13.7. The summed E-state index contributed by atoms with van der Waals surface area (Å²) in [5.74, 6) is 0.598. The highest BCUT2D eigenvalue weighted by Crippen LogP contribution is 2.17. The van der Waals surface area contributed by atoms with Crippen LogP contribution in [-0.4, -0.2) is 74.8 Å². The average molecular weight is 426 g/mol. The molecule has 2 atom stereocenters. The molecule has 1 heterocycles. The smallest absolute Gasteiger partial charge is 0.246 e. The molecule has 0 bridgehead atoms. The third-order valence-electron chi connectivity index (χ3n) is 4.78. The van der Waals surface area contributed by atoms with Crippen LogP contribution < -0.4 is 5.73 Å². The Morgan fingerprint density at radius 3 is 2.38 bits per heavy atom. The summed E-state index contributed by atoms with van der Waals surface area (Å²) in [5.41, 5.74) is 5.56. The summed E-state index contributed by atoms with van der Waals surface area (Å²) in [7, 11) is 3.26. The van der Waals surface area contributed by atoms with E-state index in [1.807, 2.05) is 31.5 Å². The number of hydrogen-bond donors (Lipinski definition) is 1. The van der Waals surface area contributed by atoms with Crippen molar-refractivity contribution in [3.63, 3.8) is 0 Å². The van der Waals surface area contributed by atoms with Gasteiger partial charge < -0.3 is 20.1 Å². The van der Waals surface area contributed by atoms with Crippen molar-refractivity contribution < 1.29 is 14.4 Å². The van der Waals surface area contributed by atoms with E-state index in [0.29, 0.717) is 25.0 Å². The molecule has 1 aromatic rings. The van der Waals surface area contributed by atoms with Gasteiger partial charge in [0.25, 0.3) is 0 Å². The molecule has 0 saturated carbocycles. The highest BCUT2D eigenvalue weighted by atomic mass is 32.2. The minimum Gasteiger partial charge on any atom is -0.368 e. The number of imidazole rings is 1. The Balaban J connectivity index is 2.87. The second-order valence-electron chi connectivity index (χ2n) is 7.64. The maximum atomic E-state index is 13.2. The maximum absolute atomic E-state index is 13.2. The van der Waals surface area contributed by atoms with Crippen LogP contribution in [0.5, 0.6) is 0 Å². The summed E-state index contributed by atoms with van der Waals surface area (Å²) >= 11 is 1.60. The maximum Gasteiger partial charge on any atom is 0.246 e. The number of nitrogens with two attached hydrogens (primary N) is 1. The lowest BCUT2D eigenvalue weighted by Gasteiger charge is -2.34. The molecule has 1 rings (SSSR count). The van der Waals surface area contributed by atoms with Gasteiger partial charge in [0.1, 0.15) is 12.1 Å². The molecule has 0 radical (unpaired) electrons. The summed E-state index contributed by atoms with van der Waals surface area (Å²) in [5, 5.41) is 0. The largest absolute Gasteiger partial charge is 0.368 e. The van der Waals surface area contributed by atoms with E-state index in [0.717, 1.165) is 12.3 Å². The molecule has 0 aliphatic carbocycles. The second kappa shape index (κ2) is 12.5. The van der Waals surface area contributed by atoms with Gasteiger partial charge in [-0.15, -0.1) is 0 Å². The van der Waals surface area contributed by atoms with E-state index in [4.69, 9.17) is 5.73 Å². The lowest BCUT2D eigenvalue weighted by Crippen LogP contribution is -2.55. The third-order valence-corrected chi connectivity index (χ3v) is 5.80. The molecular formula is C20H35N5O3S. The fourth-order valence-corrected chi connectivity index (χ4v) is 4.09. The molecule has 3 amide bonds. The zero-order valence-corrected chi connectivity index (χ0v) is 19.0. The number of thioether (sulfide) groups is 1. The lowest BCUT2D eigenvalue weighted by atomic mass is 10.0. The standard InChI is InChI=1S/C20H35N5O3S/c1-6-7-18(26)23(4)17(13-29-11-10-25-9-8-22-14-25)20(28)24(5)16(19(21)27)12-15(2)3/h8-9,14-17H,6-7,10-13H2,1-5H3,(H2,21,27)/t16-,17+/m0/s1. The molecule has 0 spiro atoms. The van der Waals surface area contributed by atoms with Crippen LogP contribution >= 0.6 is 11.8 Å². The van der Waals surface area contributed by atoms with E-state index < -0.39 is 18.0 Å². The predicted molar refractivity (Wildman–Crippen MR) is 116 cm³/mol. The van der Waals surface area contributed by atoms with E-state index >= 15 is 0 Å². The first-order valence-electron chi connectivity index (χ1n) is 10.0. The molecule has 1 aromatic heterocycles. The molecule has 0 aliphatic heterocycles. The zero-order valence-electron chi connectivity index (χ0n) is 18.2. The number of primary amides is 1. The highest BCUT2D eigenvalue weighted by molar-refractivity contribution is 7.99. The Morgan fingerprint density at radius 1 is 1.17 bits per heavy atom. The quantitative estimate of drug-likeness (QED) is 0.484. The van der Waals surface area contributed by atoms with Crippen LogP contribution in [0.15, 0.2) is 18.7 Å². The van der Waals surface area contributed by atoms with Gasteiger partial charge in [-0.05, 0) is 18.8 Å². The number of carbonyl (C=O) groups is 3. The molecule has 9 heteroatoms. The van der Waals surface area contributed by atoms with Crippen LogP contribution in [0.2, 0.25) is 0 Å². The van der Waals surface area contributed by atoms with E-state index in [2.05, 4.69) is 4.98 Å². The molecule has 0 unspecified atom stereocenters. The topological polar surface area (TPSA) is 102 Å². The molecule has 0 fully saturated rings. The minimum absolute atomic E-state index is 0.0751. The van der Waals surface area contributed by atoms with Crippen LogP contribution in [0, 0.1) is 5.92 Å². The van der Waals surface area contributed by atoms with Crippen LogP contribution in [0.1, 0.15) is 40.0 Å². The van der Waals surface area contributed by atoms with Gasteiger partial charge >= 0.3 is 0 Å². The number of aryl methyl sites for hydroxylation is 1. The molecule has 29 heavy (non-hydrogen) atoms. The Hall–Kier alpha value is -2.03.